The van der Waals surface area contributed by atoms with Crippen LogP contribution in [0.1, 0.15) is 33.3 Å². The van der Waals surface area contributed by atoms with Gasteiger partial charge in [-0.05, 0) is 36.2 Å². The van der Waals surface area contributed by atoms with E-state index >= 15 is 0 Å². The lowest BCUT2D eigenvalue weighted by Crippen LogP contribution is -2.29. The van der Waals surface area contributed by atoms with Crippen molar-refractivity contribution in [2.45, 2.75) is 13.0 Å². The van der Waals surface area contributed by atoms with Crippen molar-refractivity contribution in [3.8, 4) is 5.75 Å². The Hall–Kier alpha value is -3.01. The molecule has 3 aromatic rings. The van der Waals surface area contributed by atoms with Crippen LogP contribution in [0.25, 0.3) is 0 Å². The summed E-state index contributed by atoms with van der Waals surface area (Å²) in [6.07, 6.45) is 1.52. The van der Waals surface area contributed by atoms with Crippen LogP contribution in [0, 0.1) is 6.92 Å². The number of hydrogen-bond acceptors (Lipinski definition) is 3. The van der Waals surface area contributed by atoms with Gasteiger partial charge in [-0.25, -0.2) is 0 Å². The summed E-state index contributed by atoms with van der Waals surface area (Å²) in [6, 6.07) is 19.0. The maximum absolute atomic E-state index is 12.6. The van der Waals surface area contributed by atoms with Gasteiger partial charge in [0, 0.05) is 0 Å². The first-order valence-corrected chi connectivity index (χ1v) is 7.73. The molecule has 0 aliphatic rings. The van der Waals surface area contributed by atoms with Crippen molar-refractivity contribution >= 4 is 5.91 Å². The largest absolute Gasteiger partial charge is 0.497 e. The Balaban J connectivity index is 1.93. The number of carbonyl (C=O) groups excluding carboxylic acids is 1. The van der Waals surface area contributed by atoms with Gasteiger partial charge in [-0.1, -0.05) is 42.5 Å². The molecule has 1 unspecified atom stereocenters. The summed E-state index contributed by atoms with van der Waals surface area (Å²) in [6.45, 7) is 1.78. The first kappa shape index (κ1) is 15.9. The average Bonchev–Trinajstić information content (AvgIpc) is 3.06. The fourth-order valence-electron chi connectivity index (χ4n) is 2.63. The quantitative estimate of drug-likeness (QED) is 0.769. The Morgan fingerprint density at radius 1 is 1.00 bits per heavy atom. The van der Waals surface area contributed by atoms with E-state index in [0.29, 0.717) is 11.3 Å². The van der Waals surface area contributed by atoms with Crippen molar-refractivity contribution in [2.75, 3.05) is 7.11 Å². The molecule has 122 valence electrons. The van der Waals surface area contributed by atoms with Gasteiger partial charge in [-0.3, -0.25) is 4.79 Å². The highest BCUT2D eigenvalue weighted by Crippen LogP contribution is 2.25. The summed E-state index contributed by atoms with van der Waals surface area (Å²) in [5.41, 5.74) is 2.54. The molecular weight excluding hydrogens is 302 g/mol. The van der Waals surface area contributed by atoms with Gasteiger partial charge in [-0.15, -0.1) is 0 Å². The smallest absolute Gasteiger partial charge is 0.255 e. The van der Waals surface area contributed by atoms with E-state index in [0.717, 1.165) is 16.9 Å². The van der Waals surface area contributed by atoms with Crippen LogP contribution in [0.2, 0.25) is 0 Å². The summed E-state index contributed by atoms with van der Waals surface area (Å²) >= 11 is 0. The van der Waals surface area contributed by atoms with Crippen LogP contribution in [0.5, 0.6) is 5.75 Å². The monoisotopic (exact) mass is 321 g/mol. The Labute approximate surface area is 141 Å². The number of hydrogen-bond donors (Lipinski definition) is 1. The van der Waals surface area contributed by atoms with Crippen LogP contribution >= 0.6 is 0 Å². The standard InChI is InChI=1S/C20H19NO3/c1-14-18(12-13-24-14)20(22)21-19(15-6-4-3-5-7-15)16-8-10-17(23-2)11-9-16/h3-13,19H,1-2H3,(H,21,22). The molecule has 3 rings (SSSR count). The summed E-state index contributed by atoms with van der Waals surface area (Å²) < 4.78 is 10.4. The molecule has 2 aromatic carbocycles. The van der Waals surface area contributed by atoms with Gasteiger partial charge < -0.3 is 14.5 Å². The number of benzene rings is 2. The van der Waals surface area contributed by atoms with Crippen LogP contribution in [-0.4, -0.2) is 13.0 Å². The second-order valence-corrected chi connectivity index (χ2v) is 5.48. The predicted molar refractivity (Wildman–Crippen MR) is 92.2 cm³/mol. The second kappa shape index (κ2) is 7.04. The molecule has 0 spiro atoms. The average molecular weight is 321 g/mol. The highest BCUT2D eigenvalue weighted by Gasteiger charge is 2.19. The molecule has 0 bridgehead atoms. The number of methoxy groups -OCH3 is 1. The second-order valence-electron chi connectivity index (χ2n) is 5.48. The molecule has 0 saturated carbocycles. The van der Waals surface area contributed by atoms with Gasteiger partial charge in [0.15, 0.2) is 0 Å². The highest BCUT2D eigenvalue weighted by atomic mass is 16.5. The molecule has 24 heavy (non-hydrogen) atoms. The van der Waals surface area contributed by atoms with Crippen LogP contribution in [0.4, 0.5) is 0 Å². The van der Waals surface area contributed by atoms with E-state index < -0.39 is 0 Å². The fourth-order valence-corrected chi connectivity index (χ4v) is 2.63. The fraction of sp³-hybridized carbons (Fsp3) is 0.150. The molecule has 0 saturated heterocycles. The van der Waals surface area contributed by atoms with E-state index in [-0.39, 0.29) is 11.9 Å². The zero-order valence-corrected chi connectivity index (χ0v) is 13.7. The van der Waals surface area contributed by atoms with Crippen molar-refractivity contribution in [1.29, 1.82) is 0 Å². The van der Waals surface area contributed by atoms with Gasteiger partial charge >= 0.3 is 0 Å². The highest BCUT2D eigenvalue weighted by molar-refractivity contribution is 5.95. The Kier molecular flexibility index (Phi) is 4.66. The molecule has 1 N–H and O–H groups in total. The molecule has 1 atom stereocenters. The topological polar surface area (TPSA) is 51.5 Å². The van der Waals surface area contributed by atoms with Crippen LogP contribution < -0.4 is 10.1 Å². The first-order valence-electron chi connectivity index (χ1n) is 7.73. The third-order valence-corrected chi connectivity index (χ3v) is 3.96. The van der Waals surface area contributed by atoms with Crippen molar-refractivity contribution in [3.05, 3.63) is 89.4 Å². The predicted octanol–water partition coefficient (Wildman–Crippen LogP) is 4.12. The van der Waals surface area contributed by atoms with Gasteiger partial charge in [0.1, 0.15) is 11.5 Å². The first-order chi connectivity index (χ1) is 11.7. The molecule has 1 aromatic heterocycles. The number of furan rings is 1. The normalized spacial score (nSPS) is 11.8. The molecular formula is C20H19NO3. The minimum atomic E-state index is -0.251. The Morgan fingerprint density at radius 3 is 2.25 bits per heavy atom. The molecule has 4 heteroatoms. The molecule has 0 fully saturated rings. The van der Waals surface area contributed by atoms with Crippen molar-refractivity contribution in [2.24, 2.45) is 0 Å². The molecule has 1 heterocycles. The zero-order valence-electron chi connectivity index (χ0n) is 13.7. The lowest BCUT2D eigenvalue weighted by Gasteiger charge is -2.20. The maximum atomic E-state index is 12.6. The lowest BCUT2D eigenvalue weighted by molar-refractivity contribution is 0.0941. The number of rotatable bonds is 5. The third-order valence-electron chi connectivity index (χ3n) is 3.96. The minimum Gasteiger partial charge on any atom is -0.497 e. The van der Waals surface area contributed by atoms with E-state index in [4.69, 9.17) is 9.15 Å². The third kappa shape index (κ3) is 3.33. The summed E-state index contributed by atoms with van der Waals surface area (Å²) in [5.74, 6) is 1.22. The van der Waals surface area contributed by atoms with E-state index in [1.165, 1.54) is 6.26 Å². The van der Waals surface area contributed by atoms with Gasteiger partial charge in [0.05, 0.1) is 25.0 Å². The van der Waals surface area contributed by atoms with Crippen LogP contribution in [0.15, 0.2) is 71.3 Å². The summed E-state index contributed by atoms with van der Waals surface area (Å²) in [5, 5.41) is 3.09. The van der Waals surface area contributed by atoms with Crippen molar-refractivity contribution in [3.63, 3.8) is 0 Å². The van der Waals surface area contributed by atoms with Gasteiger partial charge in [-0.2, -0.15) is 0 Å². The molecule has 0 aliphatic heterocycles. The van der Waals surface area contributed by atoms with Gasteiger partial charge in [0.25, 0.3) is 5.91 Å². The van der Waals surface area contributed by atoms with E-state index in [1.54, 1.807) is 20.1 Å². The zero-order chi connectivity index (χ0) is 16.9. The minimum absolute atomic E-state index is 0.161. The number of nitrogens with one attached hydrogen (secondary N) is 1. The molecule has 1 amide bonds. The SMILES string of the molecule is COc1ccc(C(NC(=O)c2ccoc2C)c2ccccc2)cc1. The van der Waals surface area contributed by atoms with Crippen LogP contribution in [-0.2, 0) is 0 Å². The van der Waals surface area contributed by atoms with Gasteiger partial charge in [0.2, 0.25) is 0 Å². The lowest BCUT2D eigenvalue weighted by atomic mass is 9.98. The number of ether oxygens (including phenoxy) is 1. The number of amides is 1. The number of carbonyl (C=O) groups is 1. The maximum Gasteiger partial charge on any atom is 0.255 e. The van der Waals surface area contributed by atoms with E-state index in [2.05, 4.69) is 5.32 Å². The van der Waals surface area contributed by atoms with E-state index in [1.807, 2.05) is 54.6 Å². The van der Waals surface area contributed by atoms with Crippen molar-refractivity contribution < 1.29 is 13.9 Å². The molecule has 4 nitrogen and oxygen atoms in total. The Bertz CT molecular complexity index is 806. The Morgan fingerprint density at radius 2 is 1.67 bits per heavy atom. The van der Waals surface area contributed by atoms with Crippen molar-refractivity contribution in [1.82, 2.24) is 5.32 Å². The van der Waals surface area contributed by atoms with Crippen LogP contribution in [0.3, 0.4) is 0 Å². The summed E-state index contributed by atoms with van der Waals surface area (Å²) in [4.78, 5) is 12.6. The summed E-state index contributed by atoms with van der Waals surface area (Å²) in [7, 11) is 1.63. The molecule has 0 radical (unpaired) electrons. The molecule has 0 aliphatic carbocycles. The van der Waals surface area contributed by atoms with E-state index in [9.17, 15) is 4.79 Å². The number of aryl methyl sites for hydroxylation is 1.